The van der Waals surface area contributed by atoms with E-state index in [2.05, 4.69) is 16.9 Å². The van der Waals surface area contributed by atoms with Gasteiger partial charge in [-0.05, 0) is 74.8 Å². The molecule has 0 saturated heterocycles. The summed E-state index contributed by atoms with van der Waals surface area (Å²) in [7, 11) is -3.64. The highest BCUT2D eigenvalue weighted by molar-refractivity contribution is 7.89. The second-order valence-corrected chi connectivity index (χ2v) is 10.5. The summed E-state index contributed by atoms with van der Waals surface area (Å²) in [5.41, 5.74) is 1.24. The van der Waals surface area contributed by atoms with Crippen LogP contribution in [0.4, 0.5) is 0 Å². The van der Waals surface area contributed by atoms with E-state index in [1.807, 2.05) is 13.1 Å². The third kappa shape index (κ3) is 2.92. The highest BCUT2D eigenvalue weighted by Crippen LogP contribution is 2.73. The van der Waals surface area contributed by atoms with Gasteiger partial charge < -0.3 is 5.11 Å². The maximum absolute atomic E-state index is 12.5. The number of aryl methyl sites for hydroxylation is 1. The monoisotopic (exact) mass is 390 g/mol. The van der Waals surface area contributed by atoms with E-state index in [0.717, 1.165) is 44.1 Å². The number of sulfonamides is 1. The summed E-state index contributed by atoms with van der Waals surface area (Å²) in [4.78, 5) is 2.64. The van der Waals surface area contributed by atoms with E-state index in [0.29, 0.717) is 11.8 Å². The number of hydrazone groups is 1. The number of benzene rings is 1. The lowest BCUT2D eigenvalue weighted by Crippen LogP contribution is -2.59. The SMILES string of the molecule is CC[C@@]1(C=NNS(=O)(=O)c2ccc(C)cc2)C[C@]23CCC[C@H](O)C2CCC13. The zero-order valence-electron chi connectivity index (χ0n) is 16.2. The number of aliphatic hydroxyl groups excluding tert-OH is 1. The van der Waals surface area contributed by atoms with Crippen LogP contribution >= 0.6 is 0 Å². The van der Waals surface area contributed by atoms with Gasteiger partial charge in [0.1, 0.15) is 0 Å². The first kappa shape index (κ1) is 18.9. The minimum absolute atomic E-state index is 0.0401. The Morgan fingerprint density at radius 3 is 2.70 bits per heavy atom. The van der Waals surface area contributed by atoms with Crippen LogP contribution in [0.1, 0.15) is 57.4 Å². The maximum atomic E-state index is 12.5. The van der Waals surface area contributed by atoms with Crippen molar-refractivity contribution in [3.63, 3.8) is 0 Å². The Labute approximate surface area is 162 Å². The number of hydrogen-bond acceptors (Lipinski definition) is 4. The minimum atomic E-state index is -3.64. The van der Waals surface area contributed by atoms with Crippen LogP contribution in [0.5, 0.6) is 0 Å². The summed E-state index contributed by atoms with van der Waals surface area (Å²) in [6.45, 7) is 4.09. The average molecular weight is 391 g/mol. The number of rotatable bonds is 5. The van der Waals surface area contributed by atoms with Gasteiger partial charge in [-0.1, -0.05) is 31.0 Å². The fourth-order valence-corrected chi connectivity index (χ4v) is 7.15. The van der Waals surface area contributed by atoms with Gasteiger partial charge in [-0.25, -0.2) is 4.83 Å². The van der Waals surface area contributed by atoms with Crippen LogP contribution in [-0.4, -0.2) is 25.8 Å². The summed E-state index contributed by atoms with van der Waals surface area (Å²) in [6, 6.07) is 6.78. The van der Waals surface area contributed by atoms with Crippen molar-refractivity contribution in [3.8, 4) is 0 Å². The molecule has 0 bridgehead atoms. The summed E-state index contributed by atoms with van der Waals surface area (Å²) < 4.78 is 24.9. The Morgan fingerprint density at radius 1 is 1.26 bits per heavy atom. The van der Waals surface area contributed by atoms with Gasteiger partial charge in [0.15, 0.2) is 0 Å². The van der Waals surface area contributed by atoms with Gasteiger partial charge in [0.2, 0.25) is 0 Å². The van der Waals surface area contributed by atoms with Crippen molar-refractivity contribution in [2.24, 2.45) is 27.8 Å². The van der Waals surface area contributed by atoms with Crippen molar-refractivity contribution in [1.82, 2.24) is 4.83 Å². The number of aliphatic hydroxyl groups is 1. The van der Waals surface area contributed by atoms with E-state index in [1.54, 1.807) is 24.3 Å². The van der Waals surface area contributed by atoms with Crippen molar-refractivity contribution >= 4 is 16.2 Å². The molecular formula is C21H30N2O3S. The number of hydrogen-bond donors (Lipinski definition) is 2. The molecule has 5 atom stereocenters. The topological polar surface area (TPSA) is 78.8 Å². The molecule has 148 valence electrons. The molecule has 27 heavy (non-hydrogen) atoms. The molecular weight excluding hydrogens is 360 g/mol. The standard InChI is InChI=1S/C21H30N2O3S/c1-3-20(13-21-12-4-5-18(24)17(21)10-11-19(20)21)14-22-23-27(25,26)16-8-6-15(2)7-9-16/h6-9,14,17-19,23-24H,3-5,10-13H2,1-2H3/t17?,18-,19?,20-,21+/m0/s1. The van der Waals surface area contributed by atoms with Gasteiger partial charge in [0.05, 0.1) is 11.0 Å². The number of nitrogens with one attached hydrogen (secondary N) is 1. The quantitative estimate of drug-likeness (QED) is 0.595. The van der Waals surface area contributed by atoms with Crippen molar-refractivity contribution in [3.05, 3.63) is 29.8 Å². The lowest BCUT2D eigenvalue weighted by atomic mass is 9.41. The Kier molecular flexibility index (Phi) is 4.62. The lowest BCUT2D eigenvalue weighted by molar-refractivity contribution is -0.139. The first-order valence-electron chi connectivity index (χ1n) is 10.1. The van der Waals surface area contributed by atoms with E-state index < -0.39 is 10.0 Å². The largest absolute Gasteiger partial charge is 0.393 e. The molecule has 0 heterocycles. The third-order valence-corrected chi connectivity index (χ3v) is 8.88. The molecule has 0 radical (unpaired) electrons. The highest BCUT2D eigenvalue weighted by atomic mass is 32.2. The van der Waals surface area contributed by atoms with Gasteiger partial charge in [-0.15, -0.1) is 0 Å². The molecule has 3 saturated carbocycles. The molecule has 2 unspecified atom stereocenters. The molecule has 1 aromatic carbocycles. The van der Waals surface area contributed by atoms with Gasteiger partial charge in [-0.2, -0.15) is 13.5 Å². The Morgan fingerprint density at radius 2 is 2.00 bits per heavy atom. The van der Waals surface area contributed by atoms with Crippen molar-refractivity contribution in [1.29, 1.82) is 0 Å². The fourth-order valence-electron chi connectivity index (χ4n) is 6.36. The second kappa shape index (κ2) is 6.59. The lowest BCUT2D eigenvalue weighted by Gasteiger charge is -2.63. The predicted molar refractivity (Wildman–Crippen MR) is 106 cm³/mol. The second-order valence-electron chi connectivity index (χ2n) is 8.86. The van der Waals surface area contributed by atoms with Crippen LogP contribution < -0.4 is 4.83 Å². The molecule has 4 rings (SSSR count). The van der Waals surface area contributed by atoms with Gasteiger partial charge in [-0.3, -0.25) is 0 Å². The molecule has 2 N–H and O–H groups in total. The first-order chi connectivity index (χ1) is 12.8. The van der Waals surface area contributed by atoms with Crippen LogP contribution in [0.15, 0.2) is 34.3 Å². The Hall–Kier alpha value is -1.40. The van der Waals surface area contributed by atoms with E-state index in [-0.39, 0.29) is 21.8 Å². The van der Waals surface area contributed by atoms with Gasteiger partial charge >= 0.3 is 0 Å². The minimum Gasteiger partial charge on any atom is -0.393 e. The molecule has 0 amide bonds. The summed E-state index contributed by atoms with van der Waals surface area (Å²) in [6.07, 6.45) is 9.13. The van der Waals surface area contributed by atoms with Crippen LogP contribution in [0.3, 0.4) is 0 Å². The van der Waals surface area contributed by atoms with Crippen LogP contribution in [-0.2, 0) is 10.0 Å². The Balaban J connectivity index is 1.49. The molecule has 3 aliphatic rings. The van der Waals surface area contributed by atoms with E-state index in [4.69, 9.17) is 0 Å². The normalized spacial score (nSPS) is 38.3. The molecule has 6 heteroatoms. The van der Waals surface area contributed by atoms with E-state index in [1.165, 1.54) is 6.42 Å². The smallest absolute Gasteiger partial charge is 0.276 e. The highest BCUT2D eigenvalue weighted by Gasteiger charge is 2.68. The zero-order chi connectivity index (χ0) is 19.3. The third-order valence-electron chi connectivity index (χ3n) is 7.64. The van der Waals surface area contributed by atoms with Crippen molar-refractivity contribution in [2.45, 2.75) is 69.8 Å². The molecule has 1 spiro atoms. The Bertz CT molecular complexity index is 835. The van der Waals surface area contributed by atoms with Gasteiger partial charge in [0.25, 0.3) is 10.0 Å². The fraction of sp³-hybridized carbons (Fsp3) is 0.667. The summed E-state index contributed by atoms with van der Waals surface area (Å²) in [5, 5.41) is 14.6. The van der Waals surface area contributed by atoms with E-state index >= 15 is 0 Å². The molecule has 3 fully saturated rings. The van der Waals surface area contributed by atoms with Gasteiger partial charge in [0, 0.05) is 11.6 Å². The average Bonchev–Trinajstić information content (AvgIpc) is 2.94. The molecule has 1 aromatic rings. The molecule has 5 nitrogen and oxygen atoms in total. The molecule has 0 aromatic heterocycles. The predicted octanol–water partition coefficient (Wildman–Crippen LogP) is 3.62. The van der Waals surface area contributed by atoms with E-state index in [9.17, 15) is 13.5 Å². The first-order valence-corrected chi connectivity index (χ1v) is 11.6. The summed E-state index contributed by atoms with van der Waals surface area (Å²) in [5.74, 6) is 0.941. The van der Waals surface area contributed by atoms with Crippen molar-refractivity contribution < 1.29 is 13.5 Å². The number of nitrogens with zero attached hydrogens (tertiary/aromatic N) is 1. The zero-order valence-corrected chi connectivity index (χ0v) is 17.0. The molecule has 3 aliphatic carbocycles. The van der Waals surface area contributed by atoms with Crippen LogP contribution in [0, 0.1) is 29.6 Å². The molecule has 0 aliphatic heterocycles. The maximum Gasteiger partial charge on any atom is 0.276 e. The van der Waals surface area contributed by atoms with Crippen LogP contribution in [0.2, 0.25) is 0 Å². The summed E-state index contributed by atoms with van der Waals surface area (Å²) >= 11 is 0. The van der Waals surface area contributed by atoms with Crippen molar-refractivity contribution in [2.75, 3.05) is 0 Å². The van der Waals surface area contributed by atoms with Crippen LogP contribution in [0.25, 0.3) is 0 Å².